The number of rotatable bonds is 4. The van der Waals surface area contributed by atoms with Gasteiger partial charge >= 0.3 is 0 Å². The van der Waals surface area contributed by atoms with Crippen LogP contribution in [0.3, 0.4) is 0 Å². The van der Waals surface area contributed by atoms with Gasteiger partial charge in [0.15, 0.2) is 0 Å². The molecule has 2 aromatic rings. The Morgan fingerprint density at radius 1 is 1.50 bits per heavy atom. The van der Waals surface area contributed by atoms with E-state index in [-0.39, 0.29) is 29.5 Å². The number of amides is 1. The Hall–Kier alpha value is -1.88. The van der Waals surface area contributed by atoms with Gasteiger partial charge < -0.3 is 10.3 Å². The third-order valence-electron chi connectivity index (χ3n) is 2.41. The van der Waals surface area contributed by atoms with E-state index in [1.54, 1.807) is 18.5 Å². The summed E-state index contributed by atoms with van der Waals surface area (Å²) in [7, 11) is 0. The van der Waals surface area contributed by atoms with Gasteiger partial charge in [-0.2, -0.15) is 0 Å². The second-order valence-electron chi connectivity index (χ2n) is 3.69. The second kappa shape index (κ2) is 5.64. The number of nitrogens with one attached hydrogen (secondary N) is 2. The molecule has 1 heterocycles. The molecular weight excluding hydrogens is 257 g/mol. The summed E-state index contributed by atoms with van der Waals surface area (Å²) < 4.78 is 13.4. The summed E-state index contributed by atoms with van der Waals surface area (Å²) in [6.45, 7) is 0.276. The van der Waals surface area contributed by atoms with Crippen molar-refractivity contribution in [3.63, 3.8) is 0 Å². The number of H-pyrrole nitrogens is 1. The number of aromatic amines is 1. The van der Waals surface area contributed by atoms with Crippen molar-refractivity contribution in [2.45, 2.75) is 13.0 Å². The highest BCUT2D eigenvalue weighted by Crippen LogP contribution is 2.19. The van der Waals surface area contributed by atoms with E-state index >= 15 is 0 Å². The first kappa shape index (κ1) is 12.6. The minimum atomic E-state index is -0.476. The molecule has 0 aliphatic carbocycles. The van der Waals surface area contributed by atoms with Gasteiger partial charge in [0, 0.05) is 23.0 Å². The number of aromatic nitrogens is 2. The maximum Gasteiger partial charge on any atom is 0.224 e. The quantitative estimate of drug-likeness (QED) is 0.891. The second-order valence-corrected chi connectivity index (χ2v) is 4.10. The Bertz CT molecular complexity index is 522. The molecule has 0 bridgehead atoms. The highest BCUT2D eigenvalue weighted by molar-refractivity contribution is 6.31. The lowest BCUT2D eigenvalue weighted by atomic mass is 10.1. The molecule has 4 nitrogen and oxygen atoms in total. The fourth-order valence-electron chi connectivity index (χ4n) is 1.50. The Kier molecular flexibility index (Phi) is 3.94. The molecule has 0 aliphatic rings. The lowest BCUT2D eigenvalue weighted by molar-refractivity contribution is -0.120. The maximum atomic E-state index is 13.4. The van der Waals surface area contributed by atoms with Gasteiger partial charge in [-0.1, -0.05) is 17.7 Å². The summed E-state index contributed by atoms with van der Waals surface area (Å²) in [6, 6.07) is 4.34. The molecule has 18 heavy (non-hydrogen) atoms. The van der Waals surface area contributed by atoms with Crippen LogP contribution in [0.15, 0.2) is 30.6 Å². The number of carbonyl (C=O) groups is 1. The Morgan fingerprint density at radius 2 is 2.33 bits per heavy atom. The van der Waals surface area contributed by atoms with E-state index in [1.807, 2.05) is 0 Å². The average molecular weight is 268 g/mol. The average Bonchev–Trinajstić information content (AvgIpc) is 2.84. The molecule has 0 atom stereocenters. The highest BCUT2D eigenvalue weighted by atomic mass is 35.5. The van der Waals surface area contributed by atoms with Crippen molar-refractivity contribution in [3.8, 4) is 0 Å². The van der Waals surface area contributed by atoms with Crippen molar-refractivity contribution in [2.75, 3.05) is 0 Å². The van der Waals surface area contributed by atoms with Crippen molar-refractivity contribution in [1.29, 1.82) is 0 Å². The van der Waals surface area contributed by atoms with Crippen molar-refractivity contribution >= 4 is 17.5 Å². The van der Waals surface area contributed by atoms with Crippen LogP contribution in [0.25, 0.3) is 0 Å². The molecule has 0 radical (unpaired) electrons. The van der Waals surface area contributed by atoms with Gasteiger partial charge in [-0.3, -0.25) is 4.79 Å². The first-order valence-corrected chi connectivity index (χ1v) is 5.72. The molecule has 0 saturated heterocycles. The largest absolute Gasteiger partial charge is 0.349 e. The molecule has 0 fully saturated rings. The van der Waals surface area contributed by atoms with Crippen LogP contribution < -0.4 is 5.32 Å². The van der Waals surface area contributed by atoms with E-state index < -0.39 is 5.82 Å². The zero-order valence-corrected chi connectivity index (χ0v) is 10.2. The summed E-state index contributed by atoms with van der Waals surface area (Å²) >= 11 is 5.83. The van der Waals surface area contributed by atoms with Crippen LogP contribution in [0.1, 0.15) is 11.4 Å². The smallest absolute Gasteiger partial charge is 0.224 e. The van der Waals surface area contributed by atoms with Gasteiger partial charge in [-0.05, 0) is 12.1 Å². The van der Waals surface area contributed by atoms with E-state index in [2.05, 4.69) is 15.3 Å². The molecule has 0 aliphatic heterocycles. The first-order chi connectivity index (χ1) is 8.66. The Balaban J connectivity index is 1.95. The molecule has 0 unspecified atom stereocenters. The Labute approximate surface area is 108 Å². The third kappa shape index (κ3) is 3.07. The highest BCUT2D eigenvalue weighted by Gasteiger charge is 2.11. The van der Waals surface area contributed by atoms with Crippen molar-refractivity contribution in [1.82, 2.24) is 15.3 Å². The topological polar surface area (TPSA) is 57.8 Å². The zero-order valence-electron chi connectivity index (χ0n) is 9.41. The van der Waals surface area contributed by atoms with Gasteiger partial charge in [-0.15, -0.1) is 0 Å². The lowest BCUT2D eigenvalue weighted by Gasteiger charge is -2.06. The minimum absolute atomic E-state index is 0.0911. The Morgan fingerprint density at radius 3 is 3.00 bits per heavy atom. The zero-order chi connectivity index (χ0) is 13.0. The number of carbonyl (C=O) groups excluding carboxylic acids is 1. The first-order valence-electron chi connectivity index (χ1n) is 5.34. The normalized spacial score (nSPS) is 10.3. The molecule has 2 rings (SSSR count). The van der Waals surface area contributed by atoms with E-state index in [1.165, 1.54) is 12.1 Å². The van der Waals surface area contributed by atoms with Gasteiger partial charge in [0.2, 0.25) is 5.91 Å². The molecule has 2 N–H and O–H groups in total. The van der Waals surface area contributed by atoms with Crippen LogP contribution in [-0.4, -0.2) is 15.9 Å². The predicted molar refractivity (Wildman–Crippen MR) is 65.5 cm³/mol. The van der Waals surface area contributed by atoms with Crippen LogP contribution >= 0.6 is 11.6 Å². The van der Waals surface area contributed by atoms with E-state index in [0.29, 0.717) is 5.82 Å². The van der Waals surface area contributed by atoms with Crippen molar-refractivity contribution in [3.05, 3.63) is 52.8 Å². The number of hydrogen-bond donors (Lipinski definition) is 2. The molecular formula is C12H11ClFN3O. The minimum Gasteiger partial charge on any atom is -0.349 e. The summed E-state index contributed by atoms with van der Waals surface area (Å²) in [6.07, 6.45) is 3.16. The maximum absolute atomic E-state index is 13.4. The van der Waals surface area contributed by atoms with E-state index in [9.17, 15) is 9.18 Å². The van der Waals surface area contributed by atoms with Gasteiger partial charge in [0.25, 0.3) is 0 Å². The summed E-state index contributed by atoms with van der Waals surface area (Å²) in [5, 5.41) is 2.88. The van der Waals surface area contributed by atoms with Gasteiger partial charge in [0.1, 0.15) is 11.6 Å². The van der Waals surface area contributed by atoms with Crippen molar-refractivity contribution in [2.24, 2.45) is 0 Å². The van der Waals surface area contributed by atoms with Crippen LogP contribution in [0.2, 0.25) is 5.02 Å². The molecule has 1 aromatic carbocycles. The molecule has 1 aromatic heterocycles. The predicted octanol–water partition coefficient (Wildman–Crippen LogP) is 2.06. The third-order valence-corrected chi connectivity index (χ3v) is 2.76. The summed E-state index contributed by atoms with van der Waals surface area (Å²) in [4.78, 5) is 18.4. The number of nitrogens with zero attached hydrogens (tertiary/aromatic N) is 1. The monoisotopic (exact) mass is 267 g/mol. The lowest BCUT2D eigenvalue weighted by Crippen LogP contribution is -2.25. The van der Waals surface area contributed by atoms with Crippen LogP contribution in [0, 0.1) is 5.82 Å². The molecule has 0 saturated carbocycles. The molecule has 0 spiro atoms. The van der Waals surface area contributed by atoms with E-state index in [0.717, 1.165) is 0 Å². The van der Waals surface area contributed by atoms with Gasteiger partial charge in [0.05, 0.1) is 13.0 Å². The number of hydrogen-bond acceptors (Lipinski definition) is 2. The molecule has 94 valence electrons. The molecule has 6 heteroatoms. The molecule has 1 amide bonds. The number of imidazole rings is 1. The fraction of sp³-hybridized carbons (Fsp3) is 0.167. The summed E-state index contributed by atoms with van der Waals surface area (Å²) in [5.74, 6) is -0.142. The van der Waals surface area contributed by atoms with Crippen LogP contribution in [-0.2, 0) is 17.8 Å². The van der Waals surface area contributed by atoms with E-state index in [4.69, 9.17) is 11.6 Å². The number of halogens is 2. The van der Waals surface area contributed by atoms with Crippen LogP contribution in [0.4, 0.5) is 4.39 Å². The fourth-order valence-corrected chi connectivity index (χ4v) is 1.73. The number of benzene rings is 1. The van der Waals surface area contributed by atoms with Crippen molar-refractivity contribution < 1.29 is 9.18 Å². The van der Waals surface area contributed by atoms with Gasteiger partial charge in [-0.25, -0.2) is 9.37 Å². The summed E-state index contributed by atoms with van der Waals surface area (Å²) in [5.41, 5.74) is 0.205. The van der Waals surface area contributed by atoms with Crippen LogP contribution in [0.5, 0.6) is 0 Å². The SMILES string of the molecule is O=C(Cc1c(F)cccc1Cl)NCc1ncc[nH]1. The standard InChI is InChI=1S/C12H11ClFN3O/c13-9-2-1-3-10(14)8(9)6-12(18)17-7-11-15-4-5-16-11/h1-5H,6-7H2,(H,15,16)(H,17,18).